The van der Waals surface area contributed by atoms with Gasteiger partial charge < -0.3 is 9.67 Å². The van der Waals surface area contributed by atoms with Gasteiger partial charge in [-0.25, -0.2) is 0 Å². The smallest absolute Gasteiger partial charge is 0.115 e. The fourth-order valence-electron chi connectivity index (χ4n) is 3.74. The van der Waals surface area contributed by atoms with E-state index in [0.29, 0.717) is 0 Å². The second kappa shape index (κ2) is 5.78. The van der Waals surface area contributed by atoms with Crippen molar-refractivity contribution < 1.29 is 5.11 Å². The van der Waals surface area contributed by atoms with Crippen molar-refractivity contribution in [1.29, 1.82) is 0 Å². The first-order chi connectivity index (χ1) is 12.8. The van der Waals surface area contributed by atoms with Gasteiger partial charge in [0.05, 0.1) is 16.7 Å². The third-order valence-corrected chi connectivity index (χ3v) is 4.90. The number of phenols is 1. The monoisotopic (exact) mass is 335 g/mol. The van der Waals surface area contributed by atoms with E-state index in [1.165, 1.54) is 21.8 Å². The predicted molar refractivity (Wildman–Crippen MR) is 108 cm³/mol. The highest BCUT2D eigenvalue weighted by Gasteiger charge is 2.14. The molecular weight excluding hydrogens is 318 g/mol. The van der Waals surface area contributed by atoms with Gasteiger partial charge in [0.1, 0.15) is 5.75 Å². The number of nitrogens with zero attached hydrogens (tertiary/aromatic N) is 1. The Kier molecular flexibility index (Phi) is 3.29. The van der Waals surface area contributed by atoms with Gasteiger partial charge in [0.15, 0.2) is 0 Å². The van der Waals surface area contributed by atoms with E-state index in [-0.39, 0.29) is 5.75 Å². The summed E-state index contributed by atoms with van der Waals surface area (Å²) in [5, 5.41) is 12.1. The molecule has 1 N–H and O–H groups in total. The number of fused-ring (bicyclic) bond motifs is 3. The molecule has 0 aliphatic heterocycles. The highest BCUT2D eigenvalue weighted by Crippen LogP contribution is 2.36. The molecule has 2 heteroatoms. The van der Waals surface area contributed by atoms with E-state index in [1.807, 2.05) is 12.1 Å². The highest BCUT2D eigenvalue weighted by molar-refractivity contribution is 6.09. The third kappa shape index (κ3) is 2.20. The lowest BCUT2D eigenvalue weighted by Crippen LogP contribution is -1.96. The molecule has 5 aromatic rings. The van der Waals surface area contributed by atoms with Crippen LogP contribution in [-0.2, 0) is 0 Å². The van der Waals surface area contributed by atoms with Crippen molar-refractivity contribution >= 4 is 21.8 Å². The molecule has 5 rings (SSSR count). The minimum atomic E-state index is 0.281. The maximum absolute atomic E-state index is 9.63. The Morgan fingerprint density at radius 2 is 1.08 bits per heavy atom. The molecule has 26 heavy (non-hydrogen) atoms. The third-order valence-electron chi connectivity index (χ3n) is 4.90. The summed E-state index contributed by atoms with van der Waals surface area (Å²) in [5.74, 6) is 0.281. The van der Waals surface area contributed by atoms with Crippen molar-refractivity contribution in [2.45, 2.75) is 0 Å². The van der Waals surface area contributed by atoms with Gasteiger partial charge in [-0.2, -0.15) is 0 Å². The van der Waals surface area contributed by atoms with Gasteiger partial charge >= 0.3 is 0 Å². The van der Waals surface area contributed by atoms with Crippen LogP contribution in [0.3, 0.4) is 0 Å². The Labute approximate surface area is 151 Å². The van der Waals surface area contributed by atoms with Crippen molar-refractivity contribution in [1.82, 2.24) is 4.57 Å². The summed E-state index contributed by atoms with van der Waals surface area (Å²) in [6.45, 7) is 0. The van der Waals surface area contributed by atoms with E-state index in [2.05, 4.69) is 77.4 Å². The summed E-state index contributed by atoms with van der Waals surface area (Å²) in [4.78, 5) is 0. The quantitative estimate of drug-likeness (QED) is 0.411. The number of benzene rings is 4. The van der Waals surface area contributed by atoms with E-state index in [1.54, 1.807) is 12.1 Å². The molecule has 2 nitrogen and oxygen atoms in total. The largest absolute Gasteiger partial charge is 0.508 e. The van der Waals surface area contributed by atoms with E-state index in [9.17, 15) is 5.11 Å². The second-order valence-electron chi connectivity index (χ2n) is 6.43. The molecule has 0 aliphatic rings. The molecule has 1 aromatic heterocycles. The van der Waals surface area contributed by atoms with Gasteiger partial charge in [-0.15, -0.1) is 0 Å². The molecule has 0 unspecified atom stereocenters. The van der Waals surface area contributed by atoms with Crippen LogP contribution in [0.25, 0.3) is 38.6 Å². The number of aromatic nitrogens is 1. The summed E-state index contributed by atoms with van der Waals surface area (Å²) in [6.07, 6.45) is 0. The normalized spacial score (nSPS) is 11.2. The van der Waals surface area contributed by atoms with Crippen LogP contribution in [-0.4, -0.2) is 9.67 Å². The van der Waals surface area contributed by atoms with Gasteiger partial charge in [-0.3, -0.25) is 0 Å². The molecule has 0 amide bonds. The molecule has 0 fully saturated rings. The Hall–Kier alpha value is -3.52. The predicted octanol–water partition coefficient (Wildman–Crippen LogP) is 6.16. The van der Waals surface area contributed by atoms with Crippen LogP contribution in [0.5, 0.6) is 5.75 Å². The van der Waals surface area contributed by atoms with Crippen molar-refractivity contribution in [3.63, 3.8) is 0 Å². The van der Waals surface area contributed by atoms with Gasteiger partial charge in [-0.1, -0.05) is 66.7 Å². The van der Waals surface area contributed by atoms with Gasteiger partial charge in [0.25, 0.3) is 0 Å². The second-order valence-corrected chi connectivity index (χ2v) is 6.43. The lowest BCUT2D eigenvalue weighted by atomic mass is 10.0. The van der Waals surface area contributed by atoms with Gasteiger partial charge in [0.2, 0.25) is 0 Å². The molecule has 0 bridgehead atoms. The zero-order valence-electron chi connectivity index (χ0n) is 14.1. The molecule has 124 valence electrons. The molecule has 0 atom stereocenters. The zero-order chi connectivity index (χ0) is 17.5. The summed E-state index contributed by atoms with van der Waals surface area (Å²) in [6, 6.07) is 32.8. The number of hydrogen-bond donors (Lipinski definition) is 1. The number of phenolic OH excluding ortho intramolecular Hbond substituents is 1. The summed E-state index contributed by atoms with van der Waals surface area (Å²) < 4.78 is 2.33. The lowest BCUT2D eigenvalue weighted by Gasteiger charge is -2.14. The Morgan fingerprint density at radius 3 is 1.73 bits per heavy atom. The maximum atomic E-state index is 9.63. The van der Waals surface area contributed by atoms with Gasteiger partial charge in [-0.05, 0) is 35.9 Å². The van der Waals surface area contributed by atoms with Crippen LogP contribution in [0, 0.1) is 0 Å². The Bertz CT molecular complexity index is 1180. The summed E-state index contributed by atoms with van der Waals surface area (Å²) in [7, 11) is 0. The standard InChI is InChI=1S/C24H17NO/c26-18-15-13-17(14-16-18)19-7-1-4-10-22(19)25-23-11-5-2-8-20(23)21-9-3-6-12-24(21)25/h1-16,26H. The first kappa shape index (κ1) is 14.8. The minimum absolute atomic E-state index is 0.281. The maximum Gasteiger partial charge on any atom is 0.115 e. The fourth-order valence-corrected chi connectivity index (χ4v) is 3.74. The molecule has 1 heterocycles. The van der Waals surface area contributed by atoms with Crippen LogP contribution in [0.2, 0.25) is 0 Å². The van der Waals surface area contributed by atoms with E-state index < -0.39 is 0 Å². The molecule has 0 spiro atoms. The number of rotatable bonds is 2. The van der Waals surface area contributed by atoms with Gasteiger partial charge in [0, 0.05) is 16.3 Å². The first-order valence-corrected chi connectivity index (χ1v) is 8.70. The topological polar surface area (TPSA) is 25.2 Å². The Morgan fingerprint density at radius 1 is 0.538 bits per heavy atom. The van der Waals surface area contributed by atoms with Crippen molar-refractivity contribution in [2.24, 2.45) is 0 Å². The number of para-hydroxylation sites is 3. The molecule has 0 aliphatic carbocycles. The van der Waals surface area contributed by atoms with E-state index in [0.717, 1.165) is 16.8 Å². The van der Waals surface area contributed by atoms with Crippen molar-refractivity contribution in [2.75, 3.05) is 0 Å². The Balaban J connectivity index is 1.88. The zero-order valence-corrected chi connectivity index (χ0v) is 14.1. The molecule has 0 radical (unpaired) electrons. The lowest BCUT2D eigenvalue weighted by molar-refractivity contribution is 0.475. The SMILES string of the molecule is Oc1ccc(-c2ccccc2-n2c3ccccc3c3ccccc32)cc1. The van der Waals surface area contributed by atoms with Crippen molar-refractivity contribution in [3.05, 3.63) is 97.1 Å². The summed E-state index contributed by atoms with van der Waals surface area (Å²) >= 11 is 0. The van der Waals surface area contributed by atoms with Crippen LogP contribution in [0.15, 0.2) is 97.1 Å². The molecule has 0 saturated heterocycles. The summed E-state index contributed by atoms with van der Waals surface area (Å²) in [5.41, 5.74) is 5.75. The highest BCUT2D eigenvalue weighted by atomic mass is 16.3. The van der Waals surface area contributed by atoms with Crippen molar-refractivity contribution in [3.8, 4) is 22.6 Å². The minimum Gasteiger partial charge on any atom is -0.508 e. The average molecular weight is 335 g/mol. The molecular formula is C24H17NO. The fraction of sp³-hybridized carbons (Fsp3) is 0. The molecule has 0 saturated carbocycles. The van der Waals surface area contributed by atoms with E-state index >= 15 is 0 Å². The van der Waals surface area contributed by atoms with Crippen LogP contribution in [0.4, 0.5) is 0 Å². The average Bonchev–Trinajstić information content (AvgIpc) is 3.03. The number of aromatic hydroxyl groups is 1. The van der Waals surface area contributed by atoms with E-state index in [4.69, 9.17) is 0 Å². The van der Waals surface area contributed by atoms with Crippen LogP contribution >= 0.6 is 0 Å². The van der Waals surface area contributed by atoms with Crippen LogP contribution < -0.4 is 0 Å². The first-order valence-electron chi connectivity index (χ1n) is 8.70. The van der Waals surface area contributed by atoms with Crippen LogP contribution in [0.1, 0.15) is 0 Å². The number of hydrogen-bond acceptors (Lipinski definition) is 1. The molecule has 4 aromatic carbocycles.